The first kappa shape index (κ1) is 18.3. The minimum atomic E-state index is -0.893. The van der Waals surface area contributed by atoms with Gasteiger partial charge in [0.05, 0.1) is 18.6 Å². The number of ether oxygens (including phenoxy) is 1. The van der Waals surface area contributed by atoms with E-state index in [-0.39, 0.29) is 18.5 Å². The molecule has 0 saturated carbocycles. The van der Waals surface area contributed by atoms with Gasteiger partial charge in [-0.25, -0.2) is 9.59 Å². The average Bonchev–Trinajstić information content (AvgIpc) is 2.55. The van der Waals surface area contributed by atoms with Crippen molar-refractivity contribution >= 4 is 39.6 Å². The number of rotatable bonds is 3. The zero-order valence-electron chi connectivity index (χ0n) is 13.4. The lowest BCUT2D eigenvalue weighted by molar-refractivity contribution is -0.143. The van der Waals surface area contributed by atoms with Crippen LogP contribution in [0.3, 0.4) is 0 Å². The van der Waals surface area contributed by atoms with Crippen molar-refractivity contribution in [3.8, 4) is 0 Å². The van der Waals surface area contributed by atoms with E-state index in [0.29, 0.717) is 28.7 Å². The lowest BCUT2D eigenvalue weighted by atomic mass is 9.91. The molecule has 1 fully saturated rings. The molecule has 1 aromatic rings. The highest BCUT2D eigenvalue weighted by Crippen LogP contribution is 2.24. The summed E-state index contributed by atoms with van der Waals surface area (Å²) in [6.45, 7) is 2.59. The van der Waals surface area contributed by atoms with E-state index in [4.69, 9.17) is 4.74 Å². The molecule has 1 saturated heterocycles. The van der Waals surface area contributed by atoms with Crippen LogP contribution in [0, 0.1) is 11.8 Å². The maximum Gasteiger partial charge on any atom is 0.339 e. The van der Waals surface area contributed by atoms with Gasteiger partial charge < -0.3 is 20.1 Å². The second-order valence-corrected chi connectivity index (χ2v) is 6.75. The molecular weight excluding hydrogens is 380 g/mol. The second-order valence-electron chi connectivity index (χ2n) is 5.90. The van der Waals surface area contributed by atoms with Crippen LogP contribution >= 0.6 is 15.9 Å². The molecule has 8 heteroatoms. The Hall–Kier alpha value is -2.09. The van der Waals surface area contributed by atoms with Gasteiger partial charge in [0, 0.05) is 23.2 Å². The molecule has 1 aliphatic heterocycles. The van der Waals surface area contributed by atoms with Gasteiger partial charge in [-0.2, -0.15) is 0 Å². The zero-order valence-corrected chi connectivity index (χ0v) is 15.0. The molecule has 2 amide bonds. The Morgan fingerprint density at radius 2 is 2.04 bits per heavy atom. The first-order valence-electron chi connectivity index (χ1n) is 7.48. The standard InChI is InChI=1S/C16H19BrN2O5/c1-9-5-10(14(20)21)8-19(7-9)16(23)18-11-3-4-13(17)12(6-11)15(22)24-2/h3-4,6,9-10H,5,7-8H2,1-2H3,(H,18,23)(H,20,21). The summed E-state index contributed by atoms with van der Waals surface area (Å²) in [4.78, 5) is 36.8. The summed E-state index contributed by atoms with van der Waals surface area (Å²) >= 11 is 3.26. The number of carbonyl (C=O) groups excluding carboxylic acids is 2. The molecule has 1 aliphatic rings. The van der Waals surface area contributed by atoms with Crippen molar-refractivity contribution in [3.63, 3.8) is 0 Å². The van der Waals surface area contributed by atoms with Gasteiger partial charge in [0.2, 0.25) is 0 Å². The van der Waals surface area contributed by atoms with Crippen molar-refractivity contribution in [1.29, 1.82) is 0 Å². The number of likely N-dealkylation sites (tertiary alicyclic amines) is 1. The topological polar surface area (TPSA) is 95.9 Å². The van der Waals surface area contributed by atoms with Crippen LogP contribution in [0.4, 0.5) is 10.5 Å². The minimum absolute atomic E-state index is 0.112. The fourth-order valence-electron chi connectivity index (χ4n) is 2.77. The SMILES string of the molecule is COC(=O)c1cc(NC(=O)N2CC(C)CC(C(=O)O)C2)ccc1Br. The Morgan fingerprint density at radius 1 is 1.33 bits per heavy atom. The molecule has 0 aromatic heterocycles. The number of amides is 2. The average molecular weight is 399 g/mol. The third-order valence-electron chi connectivity index (χ3n) is 3.92. The quantitative estimate of drug-likeness (QED) is 0.763. The summed E-state index contributed by atoms with van der Waals surface area (Å²) in [5.74, 6) is -1.86. The largest absolute Gasteiger partial charge is 0.481 e. The molecule has 0 bridgehead atoms. The molecule has 2 atom stereocenters. The lowest BCUT2D eigenvalue weighted by Crippen LogP contribution is -2.47. The molecule has 2 unspecified atom stereocenters. The van der Waals surface area contributed by atoms with Crippen LogP contribution in [0.15, 0.2) is 22.7 Å². The Balaban J connectivity index is 2.11. The normalized spacial score (nSPS) is 20.4. The van der Waals surface area contributed by atoms with Crippen molar-refractivity contribution in [2.75, 3.05) is 25.5 Å². The summed E-state index contributed by atoms with van der Waals surface area (Å²) < 4.78 is 5.25. The van der Waals surface area contributed by atoms with Crippen molar-refractivity contribution in [1.82, 2.24) is 4.90 Å². The van der Waals surface area contributed by atoms with E-state index in [0.717, 1.165) is 0 Å². The molecule has 1 heterocycles. The number of halogens is 1. The van der Waals surface area contributed by atoms with E-state index in [1.165, 1.54) is 18.1 Å². The van der Waals surface area contributed by atoms with E-state index in [2.05, 4.69) is 21.2 Å². The summed E-state index contributed by atoms with van der Waals surface area (Å²) in [6.07, 6.45) is 0.559. The number of carboxylic acids is 1. The fraction of sp³-hybridized carbons (Fsp3) is 0.438. The number of urea groups is 1. The highest BCUT2D eigenvalue weighted by atomic mass is 79.9. The number of hydrogen-bond acceptors (Lipinski definition) is 4. The predicted molar refractivity (Wildman–Crippen MR) is 91.0 cm³/mol. The summed E-state index contributed by atoms with van der Waals surface area (Å²) in [5, 5.41) is 11.9. The minimum Gasteiger partial charge on any atom is -0.481 e. The predicted octanol–water partition coefficient (Wildman–Crippen LogP) is 2.81. The Labute approximate surface area is 148 Å². The number of hydrogen-bond donors (Lipinski definition) is 2. The Kier molecular flexibility index (Phi) is 5.82. The number of anilines is 1. The van der Waals surface area contributed by atoms with Crippen molar-refractivity contribution in [2.45, 2.75) is 13.3 Å². The molecular formula is C16H19BrN2O5. The monoisotopic (exact) mass is 398 g/mol. The Morgan fingerprint density at radius 3 is 2.67 bits per heavy atom. The van der Waals surface area contributed by atoms with Crippen LogP contribution in [0.2, 0.25) is 0 Å². The fourth-order valence-corrected chi connectivity index (χ4v) is 3.18. The lowest BCUT2D eigenvalue weighted by Gasteiger charge is -2.34. The summed E-state index contributed by atoms with van der Waals surface area (Å²) in [7, 11) is 1.28. The van der Waals surface area contributed by atoms with Gasteiger partial charge in [-0.3, -0.25) is 4.79 Å². The summed E-state index contributed by atoms with van der Waals surface area (Å²) in [5.41, 5.74) is 0.736. The molecule has 130 valence electrons. The maximum absolute atomic E-state index is 12.4. The van der Waals surface area contributed by atoms with Crippen LogP contribution in [-0.4, -0.2) is 48.2 Å². The van der Waals surface area contributed by atoms with E-state index >= 15 is 0 Å². The third-order valence-corrected chi connectivity index (χ3v) is 4.61. The highest BCUT2D eigenvalue weighted by Gasteiger charge is 2.32. The van der Waals surface area contributed by atoms with Gasteiger partial charge in [0.1, 0.15) is 0 Å². The molecule has 0 spiro atoms. The summed E-state index contributed by atoms with van der Waals surface area (Å²) in [6, 6.07) is 4.42. The van der Waals surface area contributed by atoms with E-state index < -0.39 is 17.9 Å². The van der Waals surface area contributed by atoms with E-state index in [1.807, 2.05) is 6.92 Å². The van der Waals surface area contributed by atoms with Gasteiger partial charge in [-0.05, 0) is 46.5 Å². The highest BCUT2D eigenvalue weighted by molar-refractivity contribution is 9.10. The molecule has 7 nitrogen and oxygen atoms in total. The second kappa shape index (κ2) is 7.65. The van der Waals surface area contributed by atoms with Crippen LogP contribution in [-0.2, 0) is 9.53 Å². The molecule has 0 aliphatic carbocycles. The number of benzene rings is 1. The first-order chi connectivity index (χ1) is 11.3. The van der Waals surface area contributed by atoms with E-state index in [9.17, 15) is 19.5 Å². The number of carbonyl (C=O) groups is 3. The van der Waals surface area contributed by atoms with Gasteiger partial charge >= 0.3 is 18.0 Å². The van der Waals surface area contributed by atoms with Crippen LogP contribution in [0.25, 0.3) is 0 Å². The first-order valence-corrected chi connectivity index (χ1v) is 8.27. The van der Waals surface area contributed by atoms with Crippen LogP contribution in [0.5, 0.6) is 0 Å². The number of nitrogens with zero attached hydrogens (tertiary/aromatic N) is 1. The molecule has 1 aromatic carbocycles. The number of nitrogens with one attached hydrogen (secondary N) is 1. The van der Waals surface area contributed by atoms with Gasteiger partial charge in [0.25, 0.3) is 0 Å². The molecule has 2 rings (SSSR count). The molecule has 2 N–H and O–H groups in total. The number of esters is 1. The van der Waals surface area contributed by atoms with E-state index in [1.54, 1.807) is 12.1 Å². The number of methoxy groups -OCH3 is 1. The van der Waals surface area contributed by atoms with Crippen molar-refractivity contribution in [3.05, 3.63) is 28.2 Å². The van der Waals surface area contributed by atoms with Crippen LogP contribution in [0.1, 0.15) is 23.7 Å². The van der Waals surface area contributed by atoms with Crippen molar-refractivity contribution in [2.24, 2.45) is 11.8 Å². The maximum atomic E-state index is 12.4. The zero-order chi connectivity index (χ0) is 17.9. The van der Waals surface area contributed by atoms with Gasteiger partial charge in [-0.15, -0.1) is 0 Å². The number of aliphatic carboxylic acids is 1. The van der Waals surface area contributed by atoms with Crippen molar-refractivity contribution < 1.29 is 24.2 Å². The Bertz CT molecular complexity index is 664. The number of piperidine rings is 1. The third kappa shape index (κ3) is 4.25. The smallest absolute Gasteiger partial charge is 0.339 e. The van der Waals surface area contributed by atoms with Gasteiger partial charge in [0.15, 0.2) is 0 Å². The molecule has 24 heavy (non-hydrogen) atoms. The molecule has 0 radical (unpaired) electrons. The number of carboxylic acid groups (broad SMARTS) is 1. The van der Waals surface area contributed by atoms with Gasteiger partial charge in [-0.1, -0.05) is 6.92 Å². The van der Waals surface area contributed by atoms with Crippen LogP contribution < -0.4 is 5.32 Å².